The lowest BCUT2D eigenvalue weighted by Gasteiger charge is -2.40. The van der Waals surface area contributed by atoms with Crippen LogP contribution in [0.5, 0.6) is 0 Å². The fraction of sp³-hybridized carbons (Fsp3) is 0.396. The van der Waals surface area contributed by atoms with Crippen LogP contribution in [0.3, 0.4) is 0 Å². The highest BCUT2D eigenvalue weighted by atomic mass is 79.9. The Morgan fingerprint density at radius 1 is 0.615 bits per heavy atom. The highest BCUT2D eigenvalue weighted by Crippen LogP contribution is 2.44. The minimum atomic E-state index is -0.542. The molecule has 4 aliphatic rings. The average molecular weight is 1120 g/mol. The minimum Gasteiger partial charge on any atom is -0.465 e. The second-order valence-corrected chi connectivity index (χ2v) is 21.6. The molecule has 0 saturated carbocycles. The number of aromatic nitrogens is 2. The number of benzene rings is 2. The largest absolute Gasteiger partial charge is 0.465 e. The van der Waals surface area contributed by atoms with Crippen molar-refractivity contribution >= 4 is 111 Å². The molecule has 4 aromatic rings. The highest BCUT2D eigenvalue weighted by Gasteiger charge is 2.37. The first-order valence-corrected chi connectivity index (χ1v) is 24.3. The van der Waals surface area contributed by atoms with E-state index >= 15 is 0 Å². The molecule has 2 amide bonds. The number of hydrogen-bond donors (Lipinski definition) is 0. The van der Waals surface area contributed by atoms with Gasteiger partial charge in [-0.2, -0.15) is 0 Å². The second kappa shape index (κ2) is 20.2. The molecule has 0 radical (unpaired) electrons. The molecule has 0 spiro atoms. The molecule has 2 aromatic carbocycles. The molecular formula is C48H51Br3Cl2N6O6. The molecule has 2 fully saturated rings. The molecule has 2 atom stereocenters. The van der Waals surface area contributed by atoms with Crippen LogP contribution in [0.15, 0.2) is 69.9 Å². The van der Waals surface area contributed by atoms with Crippen LogP contribution in [0, 0.1) is 0 Å². The Labute approximate surface area is 415 Å². The second-order valence-electron chi connectivity index (χ2n) is 18.1. The number of halogens is 5. The minimum absolute atomic E-state index is 0.0394. The molecule has 0 N–H and O–H groups in total. The number of hydrogen-bond acceptors (Lipinski definition) is 10. The van der Waals surface area contributed by atoms with Crippen molar-refractivity contribution in [1.29, 1.82) is 0 Å². The Bertz CT molecular complexity index is 2550. The average Bonchev–Trinajstić information content (AvgIpc) is 3.45. The Kier molecular flexibility index (Phi) is 15.2. The SMILES string of the molecule is CC(C)(C)OC(=O)N1CCN(C2c3ccc(Cl)cc3C=C(Br)c3cc(Br)cnc32)CC1.COC(=O)C1=Cc2cc(Cl)ccc2C(N2CCN(C(=O)OC(C)(C)C)CC2)c2ncc(Br)cc21. The van der Waals surface area contributed by atoms with Crippen LogP contribution in [-0.2, 0) is 19.0 Å². The molecule has 8 rings (SSSR count). The van der Waals surface area contributed by atoms with E-state index in [0.717, 1.165) is 65.7 Å². The van der Waals surface area contributed by atoms with Crippen molar-refractivity contribution in [2.75, 3.05) is 59.5 Å². The van der Waals surface area contributed by atoms with E-state index in [1.807, 2.05) is 90.2 Å². The molecule has 17 heteroatoms. The molecule has 12 nitrogen and oxygen atoms in total. The lowest BCUT2D eigenvalue weighted by atomic mass is 9.95. The van der Waals surface area contributed by atoms with Crippen molar-refractivity contribution in [3.8, 4) is 0 Å². The molecule has 0 bridgehead atoms. The van der Waals surface area contributed by atoms with Gasteiger partial charge in [-0.05, 0) is 144 Å². The quantitative estimate of drug-likeness (QED) is 0.145. The van der Waals surface area contributed by atoms with Gasteiger partial charge in [-0.15, -0.1) is 0 Å². The zero-order chi connectivity index (χ0) is 47.0. The summed E-state index contributed by atoms with van der Waals surface area (Å²) in [5.74, 6) is -0.442. The van der Waals surface area contributed by atoms with E-state index in [9.17, 15) is 14.4 Å². The highest BCUT2D eigenvalue weighted by molar-refractivity contribution is 9.15. The van der Waals surface area contributed by atoms with Gasteiger partial charge < -0.3 is 24.0 Å². The van der Waals surface area contributed by atoms with E-state index in [-0.39, 0.29) is 24.3 Å². The van der Waals surface area contributed by atoms with Gasteiger partial charge in [0, 0.05) is 99.4 Å². The topological polar surface area (TPSA) is 118 Å². The van der Waals surface area contributed by atoms with E-state index in [1.165, 1.54) is 7.11 Å². The molecule has 2 aromatic heterocycles. The first-order valence-electron chi connectivity index (χ1n) is 21.2. The third-order valence-corrected chi connectivity index (χ3v) is 13.2. The van der Waals surface area contributed by atoms with Gasteiger partial charge in [-0.1, -0.05) is 51.3 Å². The molecule has 2 unspecified atom stereocenters. The third-order valence-electron chi connectivity index (χ3n) is 11.2. The number of methoxy groups -OCH3 is 1. The van der Waals surface area contributed by atoms with Crippen LogP contribution < -0.4 is 0 Å². The summed E-state index contributed by atoms with van der Waals surface area (Å²) >= 11 is 23.4. The number of ether oxygens (including phenoxy) is 3. The maximum absolute atomic E-state index is 12.8. The summed E-state index contributed by atoms with van der Waals surface area (Å²) in [7, 11) is 1.37. The molecule has 4 heterocycles. The zero-order valence-corrected chi connectivity index (χ0v) is 43.5. The Hall–Kier alpha value is -3.83. The number of esters is 1. The van der Waals surface area contributed by atoms with Crippen molar-refractivity contribution < 1.29 is 28.6 Å². The van der Waals surface area contributed by atoms with Crippen LogP contribution in [-0.4, -0.2) is 118 Å². The normalized spacial score (nSPS) is 18.8. The number of pyridine rings is 2. The van der Waals surface area contributed by atoms with Crippen molar-refractivity contribution in [2.24, 2.45) is 0 Å². The predicted molar refractivity (Wildman–Crippen MR) is 266 cm³/mol. The monoisotopic (exact) mass is 1110 g/mol. The predicted octanol–water partition coefficient (Wildman–Crippen LogP) is 11.5. The first kappa shape index (κ1) is 49.1. The van der Waals surface area contributed by atoms with Gasteiger partial charge in [0.05, 0.1) is 36.2 Å². The smallest absolute Gasteiger partial charge is 0.410 e. The van der Waals surface area contributed by atoms with Crippen molar-refractivity contribution in [2.45, 2.75) is 64.8 Å². The zero-order valence-electron chi connectivity index (χ0n) is 37.3. The van der Waals surface area contributed by atoms with E-state index in [4.69, 9.17) is 47.4 Å². The van der Waals surface area contributed by atoms with Crippen LogP contribution in [0.2, 0.25) is 10.0 Å². The third kappa shape index (κ3) is 11.7. The molecule has 2 saturated heterocycles. The van der Waals surface area contributed by atoms with Gasteiger partial charge in [0.1, 0.15) is 11.2 Å². The first-order chi connectivity index (χ1) is 30.7. The summed E-state index contributed by atoms with van der Waals surface area (Å²) in [6.45, 7) is 16.2. The number of amides is 2. The number of fused-ring (bicyclic) bond motifs is 4. The standard InChI is InChI=1S/C25H27BrClN3O4.C23H24Br2ClN3O2/c1-25(2,3)34-24(32)30-9-7-29(8-10-30)22-18-6-5-17(27)11-15(18)12-20(23(31)33-4)19-13-16(26)14-28-21(19)22;1-23(2,3)31-22(30)29-8-6-28(7-9-29)21-17-5-4-16(26)10-14(17)11-19(25)18-12-15(24)13-27-20(18)21/h5-6,11-14,22H,7-10H2,1-4H3;4-5,10-13,21H,6-9H2,1-3H3. The molecule has 2 aliphatic heterocycles. The van der Waals surface area contributed by atoms with Gasteiger partial charge in [-0.3, -0.25) is 19.8 Å². The molecule has 2 aliphatic carbocycles. The number of nitrogens with zero attached hydrogens (tertiary/aromatic N) is 6. The summed E-state index contributed by atoms with van der Waals surface area (Å²) in [4.78, 5) is 55.6. The molecular weight excluding hydrogens is 1070 g/mol. The van der Waals surface area contributed by atoms with Crippen molar-refractivity contribution in [3.05, 3.63) is 125 Å². The summed E-state index contributed by atoms with van der Waals surface area (Å²) in [6, 6.07) is 15.4. The van der Waals surface area contributed by atoms with Gasteiger partial charge >= 0.3 is 18.2 Å². The van der Waals surface area contributed by atoms with Gasteiger partial charge in [0.2, 0.25) is 0 Å². The summed E-state index contributed by atoms with van der Waals surface area (Å²) in [5, 5.41) is 1.27. The summed E-state index contributed by atoms with van der Waals surface area (Å²) in [5.41, 5.74) is 6.91. The van der Waals surface area contributed by atoms with Crippen LogP contribution in [0.4, 0.5) is 9.59 Å². The van der Waals surface area contributed by atoms with Crippen LogP contribution in [0.25, 0.3) is 22.2 Å². The van der Waals surface area contributed by atoms with Crippen LogP contribution >= 0.6 is 71.0 Å². The Morgan fingerprint density at radius 2 is 1.03 bits per heavy atom. The number of carbonyl (C=O) groups excluding carboxylic acids is 3. The Balaban J connectivity index is 0.000000195. The van der Waals surface area contributed by atoms with Gasteiger partial charge in [-0.25, -0.2) is 14.4 Å². The van der Waals surface area contributed by atoms with Crippen molar-refractivity contribution in [1.82, 2.24) is 29.6 Å². The van der Waals surface area contributed by atoms with E-state index in [1.54, 1.807) is 16.0 Å². The maximum atomic E-state index is 12.8. The summed E-state index contributed by atoms with van der Waals surface area (Å²) in [6.07, 6.45) is 6.93. The molecule has 344 valence electrons. The van der Waals surface area contributed by atoms with E-state index < -0.39 is 17.2 Å². The number of piperazine rings is 2. The number of rotatable bonds is 3. The molecule has 65 heavy (non-hydrogen) atoms. The maximum Gasteiger partial charge on any atom is 0.410 e. The van der Waals surface area contributed by atoms with Gasteiger partial charge in [0.25, 0.3) is 0 Å². The van der Waals surface area contributed by atoms with Crippen molar-refractivity contribution in [3.63, 3.8) is 0 Å². The number of carbonyl (C=O) groups is 3. The van der Waals surface area contributed by atoms with Crippen LogP contribution in [0.1, 0.15) is 98.4 Å². The van der Waals surface area contributed by atoms with E-state index in [0.29, 0.717) is 60.5 Å². The fourth-order valence-corrected chi connectivity index (χ4v) is 9.91. The van der Waals surface area contributed by atoms with E-state index in [2.05, 4.69) is 75.8 Å². The lowest BCUT2D eigenvalue weighted by Crippen LogP contribution is -2.51. The fourth-order valence-electron chi connectivity index (χ4n) is 8.32. The van der Waals surface area contributed by atoms with Gasteiger partial charge in [0.15, 0.2) is 0 Å². The lowest BCUT2D eigenvalue weighted by molar-refractivity contribution is -0.133. The Morgan fingerprint density at radius 3 is 1.46 bits per heavy atom. The summed E-state index contributed by atoms with van der Waals surface area (Å²) < 4.78 is 18.8.